The second-order valence-electron chi connectivity index (χ2n) is 3.31. The van der Waals surface area contributed by atoms with Gasteiger partial charge in [0.15, 0.2) is 5.69 Å². The molecule has 1 fully saturated rings. The highest BCUT2D eigenvalue weighted by molar-refractivity contribution is 8.19. The van der Waals surface area contributed by atoms with Gasteiger partial charge in [0.05, 0.1) is 10.1 Å². The Labute approximate surface area is 106 Å². The number of carbonyl (C=O) groups is 2. The Morgan fingerprint density at radius 3 is 2.41 bits per heavy atom. The molecule has 1 aliphatic rings. The zero-order chi connectivity index (χ0) is 12.4. The number of hydrogen-bond acceptors (Lipinski definition) is 5. The maximum atomic E-state index is 11.2. The normalized spacial score (nSPS) is 16.0. The van der Waals surface area contributed by atoms with Gasteiger partial charge in [-0.05, 0) is 11.6 Å². The highest BCUT2D eigenvalue weighted by atomic mass is 32.2. The van der Waals surface area contributed by atoms with E-state index in [-0.39, 0.29) is 15.8 Å². The fourth-order valence-corrected chi connectivity index (χ4v) is 4.51. The van der Waals surface area contributed by atoms with E-state index in [1.54, 1.807) is 29.6 Å². The lowest BCUT2D eigenvalue weighted by Gasteiger charge is -2.12. The lowest BCUT2D eigenvalue weighted by Crippen LogP contribution is -2.13. The van der Waals surface area contributed by atoms with Crippen molar-refractivity contribution in [2.24, 2.45) is 0 Å². The highest BCUT2D eigenvalue weighted by Gasteiger charge is 2.28. The number of nitrogens with zero attached hydrogens (tertiary/aromatic N) is 1. The Morgan fingerprint density at radius 1 is 1.24 bits per heavy atom. The summed E-state index contributed by atoms with van der Waals surface area (Å²) in [5.41, 5.74) is -0.0348. The van der Waals surface area contributed by atoms with Crippen LogP contribution >= 0.6 is 23.5 Å². The molecule has 1 aliphatic heterocycles. The van der Waals surface area contributed by atoms with Crippen LogP contribution in [0.3, 0.4) is 0 Å². The minimum atomic E-state index is -1.31. The fourth-order valence-electron chi connectivity index (χ4n) is 1.60. The van der Waals surface area contributed by atoms with Crippen molar-refractivity contribution in [3.8, 4) is 0 Å². The Balaban J connectivity index is 2.54. The van der Waals surface area contributed by atoms with Crippen molar-refractivity contribution in [1.29, 1.82) is 0 Å². The molecule has 2 rings (SSSR count). The minimum absolute atomic E-state index is 0.0119. The molecule has 7 heteroatoms. The third kappa shape index (κ3) is 2.39. The van der Waals surface area contributed by atoms with Crippen LogP contribution in [0.2, 0.25) is 0 Å². The molecule has 1 aromatic rings. The van der Waals surface area contributed by atoms with Gasteiger partial charge in [-0.2, -0.15) is 0 Å². The third-order valence-electron chi connectivity index (χ3n) is 2.28. The molecule has 0 saturated carbocycles. The van der Waals surface area contributed by atoms with Crippen molar-refractivity contribution in [3.05, 3.63) is 29.1 Å². The van der Waals surface area contributed by atoms with E-state index in [1.807, 2.05) is 0 Å². The van der Waals surface area contributed by atoms with Gasteiger partial charge in [0.2, 0.25) is 0 Å². The molecule has 0 atom stereocenters. The summed E-state index contributed by atoms with van der Waals surface area (Å²) >= 11 is 3.25. The summed E-state index contributed by atoms with van der Waals surface area (Å²) in [6.07, 6.45) is 1.35. The van der Waals surface area contributed by atoms with Crippen LogP contribution in [0.15, 0.2) is 12.3 Å². The Bertz CT molecular complexity index is 471. The summed E-state index contributed by atoms with van der Waals surface area (Å²) in [7, 11) is 0. The first-order valence-corrected chi connectivity index (χ1v) is 6.89. The molecule has 2 N–H and O–H groups in total. The number of thioether (sulfide) groups is 2. The van der Waals surface area contributed by atoms with Crippen molar-refractivity contribution >= 4 is 35.5 Å². The minimum Gasteiger partial charge on any atom is -0.478 e. The number of pyridine rings is 1. The predicted molar refractivity (Wildman–Crippen MR) is 65.8 cm³/mol. The largest absolute Gasteiger partial charge is 0.478 e. The number of rotatable bonds is 3. The monoisotopic (exact) mass is 271 g/mol. The number of hydrogen-bond donors (Lipinski definition) is 2. The lowest BCUT2D eigenvalue weighted by molar-refractivity contribution is 0.0645. The first-order chi connectivity index (χ1) is 8.11. The number of aromatic carboxylic acids is 2. The molecule has 90 valence electrons. The molecule has 0 bridgehead atoms. The molecule has 1 aromatic heterocycles. The van der Waals surface area contributed by atoms with Crippen LogP contribution in [0.5, 0.6) is 0 Å². The van der Waals surface area contributed by atoms with E-state index in [2.05, 4.69) is 4.98 Å². The summed E-state index contributed by atoms with van der Waals surface area (Å²) in [4.78, 5) is 25.8. The molecular formula is C10H9NO4S2. The molecule has 2 heterocycles. The van der Waals surface area contributed by atoms with Crippen molar-refractivity contribution in [3.63, 3.8) is 0 Å². The van der Waals surface area contributed by atoms with Gasteiger partial charge in [0.1, 0.15) is 0 Å². The molecule has 0 aromatic carbocycles. The smallest absolute Gasteiger partial charge is 0.355 e. The standard InChI is InChI=1S/C10H9NO4S2/c12-8(13)6-5(10-16-3-4-17-10)1-2-11-7(6)9(14)15/h1-2,10H,3-4H2,(H,12,13)(H,14,15). The predicted octanol–water partition coefficient (Wildman–Crippen LogP) is 1.96. The van der Waals surface area contributed by atoms with Crippen LogP contribution in [-0.2, 0) is 0 Å². The summed E-state index contributed by atoms with van der Waals surface area (Å²) in [6.45, 7) is 0. The van der Waals surface area contributed by atoms with Gasteiger partial charge in [-0.15, -0.1) is 23.5 Å². The van der Waals surface area contributed by atoms with Crippen molar-refractivity contribution in [1.82, 2.24) is 4.98 Å². The number of carboxylic acid groups (broad SMARTS) is 2. The van der Waals surface area contributed by atoms with E-state index >= 15 is 0 Å². The Morgan fingerprint density at radius 2 is 1.88 bits per heavy atom. The number of aromatic nitrogens is 1. The maximum absolute atomic E-state index is 11.2. The van der Waals surface area contributed by atoms with E-state index in [4.69, 9.17) is 10.2 Å². The van der Waals surface area contributed by atoms with E-state index in [0.717, 1.165) is 11.5 Å². The lowest BCUT2D eigenvalue weighted by atomic mass is 10.1. The number of carboxylic acids is 2. The molecule has 0 amide bonds. The van der Waals surface area contributed by atoms with E-state index in [1.165, 1.54) is 6.20 Å². The second kappa shape index (κ2) is 4.97. The topological polar surface area (TPSA) is 87.5 Å². The molecule has 0 spiro atoms. The Kier molecular flexibility index (Phi) is 3.58. The summed E-state index contributed by atoms with van der Waals surface area (Å²) in [5.74, 6) is -0.658. The second-order valence-corrected chi connectivity index (χ2v) is 6.03. The van der Waals surface area contributed by atoms with Crippen LogP contribution in [0.25, 0.3) is 0 Å². The van der Waals surface area contributed by atoms with Gasteiger partial charge in [0.25, 0.3) is 0 Å². The van der Waals surface area contributed by atoms with Gasteiger partial charge < -0.3 is 10.2 Å². The van der Waals surface area contributed by atoms with Crippen LogP contribution < -0.4 is 0 Å². The van der Waals surface area contributed by atoms with E-state index < -0.39 is 11.9 Å². The molecule has 0 unspecified atom stereocenters. The zero-order valence-electron chi connectivity index (χ0n) is 8.62. The molecule has 0 radical (unpaired) electrons. The highest BCUT2D eigenvalue weighted by Crippen LogP contribution is 2.46. The Hall–Kier alpha value is -1.21. The first kappa shape index (κ1) is 12.3. The van der Waals surface area contributed by atoms with E-state index in [0.29, 0.717) is 5.56 Å². The molecule has 5 nitrogen and oxygen atoms in total. The average molecular weight is 271 g/mol. The average Bonchev–Trinajstić information content (AvgIpc) is 2.81. The van der Waals surface area contributed by atoms with Crippen LogP contribution in [0.1, 0.15) is 31.0 Å². The van der Waals surface area contributed by atoms with Crippen LogP contribution in [0.4, 0.5) is 0 Å². The van der Waals surface area contributed by atoms with Crippen molar-refractivity contribution < 1.29 is 19.8 Å². The molecule has 0 aliphatic carbocycles. The quantitative estimate of drug-likeness (QED) is 0.868. The van der Waals surface area contributed by atoms with E-state index in [9.17, 15) is 9.59 Å². The maximum Gasteiger partial charge on any atom is 0.355 e. The molecule has 17 heavy (non-hydrogen) atoms. The van der Waals surface area contributed by atoms with Crippen molar-refractivity contribution in [2.75, 3.05) is 11.5 Å². The third-order valence-corrected chi connectivity index (χ3v) is 5.34. The van der Waals surface area contributed by atoms with Crippen molar-refractivity contribution in [2.45, 2.75) is 4.58 Å². The molecule has 1 saturated heterocycles. The van der Waals surface area contributed by atoms with Gasteiger partial charge in [-0.3, -0.25) is 0 Å². The fraction of sp³-hybridized carbons (Fsp3) is 0.300. The molecular weight excluding hydrogens is 262 g/mol. The SMILES string of the molecule is O=C(O)c1nccc(C2SCCS2)c1C(=O)O. The summed E-state index contributed by atoms with van der Waals surface area (Å²) in [5, 5.41) is 18.1. The van der Waals surface area contributed by atoms with Gasteiger partial charge in [-0.25, -0.2) is 14.6 Å². The van der Waals surface area contributed by atoms with Crippen LogP contribution in [0, 0.1) is 0 Å². The van der Waals surface area contributed by atoms with Gasteiger partial charge in [-0.1, -0.05) is 0 Å². The van der Waals surface area contributed by atoms with Crippen LogP contribution in [-0.4, -0.2) is 38.6 Å². The van der Waals surface area contributed by atoms with Gasteiger partial charge >= 0.3 is 11.9 Å². The van der Waals surface area contributed by atoms with Gasteiger partial charge in [0, 0.05) is 17.7 Å². The first-order valence-electron chi connectivity index (χ1n) is 4.80. The summed E-state index contributed by atoms with van der Waals surface area (Å²) in [6, 6.07) is 1.59. The summed E-state index contributed by atoms with van der Waals surface area (Å²) < 4.78 is -0.0119. The zero-order valence-corrected chi connectivity index (χ0v) is 10.3.